The number of imide groups is 1. The molecule has 0 aromatic heterocycles. The number of carbonyl (C=O) groups excluding carboxylic acids is 3. The summed E-state index contributed by atoms with van der Waals surface area (Å²) in [6.45, 7) is 2.06. The molecule has 2 atom stereocenters. The number of carbonyl (C=O) groups is 3. The van der Waals surface area contributed by atoms with E-state index in [9.17, 15) is 14.4 Å². The summed E-state index contributed by atoms with van der Waals surface area (Å²) in [5.41, 5.74) is 0.959. The summed E-state index contributed by atoms with van der Waals surface area (Å²) < 4.78 is 0. The van der Waals surface area contributed by atoms with Gasteiger partial charge in [0, 0.05) is 13.1 Å². The van der Waals surface area contributed by atoms with Crippen LogP contribution in [-0.2, 0) is 21.5 Å². The molecule has 2 heterocycles. The Morgan fingerprint density at radius 1 is 1.32 bits per heavy atom. The van der Waals surface area contributed by atoms with E-state index in [0.29, 0.717) is 25.4 Å². The van der Waals surface area contributed by atoms with Crippen molar-refractivity contribution in [2.45, 2.75) is 31.2 Å². The number of piperidine rings is 1. The van der Waals surface area contributed by atoms with Crippen molar-refractivity contribution in [2.75, 3.05) is 33.2 Å². The Morgan fingerprint density at radius 3 is 2.89 bits per heavy atom. The van der Waals surface area contributed by atoms with Gasteiger partial charge in [-0.15, -0.1) is 12.4 Å². The summed E-state index contributed by atoms with van der Waals surface area (Å²) in [5, 5.41) is 6.04. The van der Waals surface area contributed by atoms with E-state index in [1.807, 2.05) is 31.3 Å². The molecule has 1 aliphatic carbocycles. The van der Waals surface area contributed by atoms with Gasteiger partial charge < -0.3 is 15.5 Å². The number of halogens is 1. The zero-order valence-corrected chi connectivity index (χ0v) is 16.9. The predicted octanol–water partition coefficient (Wildman–Crippen LogP) is 1.26. The lowest BCUT2D eigenvalue weighted by Gasteiger charge is -2.33. The Morgan fingerprint density at radius 2 is 2.11 bits per heavy atom. The molecule has 0 bridgehead atoms. The van der Waals surface area contributed by atoms with Gasteiger partial charge in [0.25, 0.3) is 5.91 Å². The van der Waals surface area contributed by atoms with E-state index < -0.39 is 11.6 Å². The van der Waals surface area contributed by atoms with Gasteiger partial charge in [-0.05, 0) is 56.3 Å². The van der Waals surface area contributed by atoms with Crippen LogP contribution in [0.5, 0.6) is 0 Å². The summed E-state index contributed by atoms with van der Waals surface area (Å²) in [6, 6.07) is 7.26. The van der Waals surface area contributed by atoms with Gasteiger partial charge in [-0.2, -0.15) is 0 Å². The van der Waals surface area contributed by atoms with Gasteiger partial charge in [0.15, 0.2) is 0 Å². The van der Waals surface area contributed by atoms with Crippen LogP contribution >= 0.6 is 12.4 Å². The number of hydrogen-bond donors (Lipinski definition) is 2. The van der Waals surface area contributed by atoms with Crippen molar-refractivity contribution in [1.82, 2.24) is 20.4 Å². The minimum Gasteiger partial charge on any atom is -0.341 e. The maximum atomic E-state index is 13.1. The number of rotatable bonds is 4. The molecule has 2 unspecified atom stereocenters. The number of nitrogens with one attached hydrogen (secondary N) is 2. The molecule has 152 valence electrons. The van der Waals surface area contributed by atoms with Crippen molar-refractivity contribution in [3.63, 3.8) is 0 Å². The molecule has 4 amide bonds. The number of amides is 4. The van der Waals surface area contributed by atoms with E-state index in [-0.39, 0.29) is 30.8 Å². The smallest absolute Gasteiger partial charge is 0.325 e. The van der Waals surface area contributed by atoms with Crippen LogP contribution in [0.25, 0.3) is 0 Å². The third kappa shape index (κ3) is 3.37. The van der Waals surface area contributed by atoms with Crippen LogP contribution in [-0.4, -0.2) is 60.9 Å². The summed E-state index contributed by atoms with van der Waals surface area (Å²) >= 11 is 0. The van der Waals surface area contributed by atoms with Crippen LogP contribution in [0.4, 0.5) is 4.79 Å². The number of aryl methyl sites for hydroxylation is 1. The topological polar surface area (TPSA) is 81.8 Å². The van der Waals surface area contributed by atoms with Crippen molar-refractivity contribution < 1.29 is 14.4 Å². The van der Waals surface area contributed by atoms with Crippen LogP contribution in [0.15, 0.2) is 24.3 Å². The van der Waals surface area contributed by atoms with Gasteiger partial charge in [-0.1, -0.05) is 24.3 Å². The highest BCUT2D eigenvalue weighted by molar-refractivity contribution is 6.09. The van der Waals surface area contributed by atoms with Gasteiger partial charge >= 0.3 is 6.03 Å². The third-order valence-corrected chi connectivity index (χ3v) is 6.08. The zero-order valence-electron chi connectivity index (χ0n) is 16.1. The van der Waals surface area contributed by atoms with Gasteiger partial charge in [0.05, 0.1) is 0 Å². The first-order valence-electron chi connectivity index (χ1n) is 9.70. The highest BCUT2D eigenvalue weighted by Crippen LogP contribution is 2.41. The van der Waals surface area contributed by atoms with Gasteiger partial charge in [0.1, 0.15) is 12.1 Å². The van der Waals surface area contributed by atoms with Gasteiger partial charge in [-0.3, -0.25) is 14.5 Å². The summed E-state index contributed by atoms with van der Waals surface area (Å²) in [7, 11) is 1.91. The Kier molecular flexibility index (Phi) is 5.95. The molecular weight excluding hydrogens is 380 g/mol. The lowest BCUT2D eigenvalue weighted by molar-refractivity contribution is -0.140. The van der Waals surface area contributed by atoms with Crippen molar-refractivity contribution in [1.29, 1.82) is 0 Å². The Bertz CT molecular complexity index is 784. The van der Waals surface area contributed by atoms with Gasteiger partial charge in [0.2, 0.25) is 5.91 Å². The number of nitrogens with zero attached hydrogens (tertiary/aromatic N) is 2. The van der Waals surface area contributed by atoms with E-state index in [1.54, 1.807) is 4.90 Å². The fourth-order valence-electron chi connectivity index (χ4n) is 4.72. The number of fused-ring (bicyclic) bond motifs is 2. The van der Waals surface area contributed by atoms with Gasteiger partial charge in [-0.25, -0.2) is 4.79 Å². The SMILES string of the molecule is CNCC1CCCN(C(=O)CN2C(=O)NC3(CCc4ccccc43)C2=O)C1.Cl. The lowest BCUT2D eigenvalue weighted by Crippen LogP contribution is -2.48. The molecule has 2 fully saturated rings. The van der Waals surface area contributed by atoms with Crippen LogP contribution in [0.2, 0.25) is 0 Å². The normalized spacial score (nSPS) is 26.2. The van der Waals surface area contributed by atoms with Crippen molar-refractivity contribution >= 4 is 30.3 Å². The minimum absolute atomic E-state index is 0. The number of hydrogen-bond acceptors (Lipinski definition) is 4. The van der Waals surface area contributed by atoms with E-state index in [0.717, 1.165) is 41.8 Å². The molecule has 1 aromatic rings. The average Bonchev–Trinajstić information content (AvgIpc) is 3.16. The predicted molar refractivity (Wildman–Crippen MR) is 107 cm³/mol. The maximum absolute atomic E-state index is 13.1. The molecule has 2 saturated heterocycles. The highest BCUT2D eigenvalue weighted by atomic mass is 35.5. The first-order valence-corrected chi connectivity index (χ1v) is 9.70. The molecule has 1 spiro atoms. The summed E-state index contributed by atoms with van der Waals surface area (Å²) in [4.78, 5) is 41.4. The Balaban J connectivity index is 0.00000225. The first kappa shape index (κ1) is 20.6. The molecule has 1 aromatic carbocycles. The largest absolute Gasteiger partial charge is 0.341 e. The minimum atomic E-state index is -0.996. The van der Waals surface area contributed by atoms with E-state index in [2.05, 4.69) is 10.6 Å². The van der Waals surface area contributed by atoms with E-state index >= 15 is 0 Å². The third-order valence-electron chi connectivity index (χ3n) is 6.08. The molecule has 8 heteroatoms. The maximum Gasteiger partial charge on any atom is 0.325 e. The summed E-state index contributed by atoms with van der Waals surface area (Å²) in [6.07, 6.45) is 3.35. The highest BCUT2D eigenvalue weighted by Gasteiger charge is 2.55. The van der Waals surface area contributed by atoms with Crippen LogP contribution < -0.4 is 10.6 Å². The standard InChI is InChI=1S/C20H26N4O3.ClH/c1-21-11-14-5-4-10-23(12-14)17(25)13-24-18(26)20(22-19(24)27)9-8-15-6-2-3-7-16(15)20;/h2-3,6-7,14,21H,4-5,8-13H2,1H3,(H,22,27);1H. The first-order chi connectivity index (χ1) is 13.0. The second kappa shape index (κ2) is 8.09. The molecular formula is C20H27ClN4O3. The molecule has 3 aliphatic rings. The quantitative estimate of drug-likeness (QED) is 0.737. The zero-order chi connectivity index (χ0) is 19.0. The van der Waals surface area contributed by atoms with Crippen molar-refractivity contribution in [2.24, 2.45) is 5.92 Å². The summed E-state index contributed by atoms with van der Waals surface area (Å²) in [5.74, 6) is -0.0268. The molecule has 0 saturated carbocycles. The molecule has 7 nitrogen and oxygen atoms in total. The van der Waals surface area contributed by atoms with Crippen molar-refractivity contribution in [3.8, 4) is 0 Å². The van der Waals surface area contributed by atoms with Crippen LogP contribution in [0.1, 0.15) is 30.4 Å². The Hall–Kier alpha value is -2.12. The molecule has 0 radical (unpaired) electrons. The lowest BCUT2D eigenvalue weighted by atomic mass is 9.92. The van der Waals surface area contributed by atoms with E-state index in [4.69, 9.17) is 0 Å². The monoisotopic (exact) mass is 406 g/mol. The molecule has 28 heavy (non-hydrogen) atoms. The number of benzene rings is 1. The fraction of sp³-hybridized carbons (Fsp3) is 0.550. The Labute approximate surface area is 171 Å². The second-order valence-corrected chi connectivity index (χ2v) is 7.79. The van der Waals surface area contributed by atoms with Crippen LogP contribution in [0, 0.1) is 5.92 Å². The van der Waals surface area contributed by atoms with Crippen molar-refractivity contribution in [3.05, 3.63) is 35.4 Å². The number of urea groups is 1. The van der Waals surface area contributed by atoms with E-state index in [1.165, 1.54) is 0 Å². The second-order valence-electron chi connectivity index (χ2n) is 7.79. The molecule has 2 aliphatic heterocycles. The van der Waals surface area contributed by atoms with Crippen LogP contribution in [0.3, 0.4) is 0 Å². The average molecular weight is 407 g/mol. The molecule has 4 rings (SSSR count). The fourth-order valence-corrected chi connectivity index (χ4v) is 4.72. The number of likely N-dealkylation sites (tertiary alicyclic amines) is 1. The molecule has 2 N–H and O–H groups in total.